The van der Waals surface area contributed by atoms with Gasteiger partial charge in [-0.05, 0) is 34.6 Å². The monoisotopic (exact) mass is 405 g/mol. The van der Waals surface area contributed by atoms with Crippen LogP contribution in [0.4, 0.5) is 10.6 Å². The highest BCUT2D eigenvalue weighted by Crippen LogP contribution is 2.43. The molecule has 0 spiro atoms. The van der Waals surface area contributed by atoms with Crippen molar-refractivity contribution in [3.63, 3.8) is 0 Å². The lowest BCUT2D eigenvalue weighted by molar-refractivity contribution is -0.194. The first-order valence-corrected chi connectivity index (χ1v) is 9.22. The zero-order valence-corrected chi connectivity index (χ0v) is 16.8. The van der Waals surface area contributed by atoms with Crippen LogP contribution in [0.15, 0.2) is 12.7 Å². The molecule has 1 N–H and O–H groups in total. The van der Waals surface area contributed by atoms with E-state index in [0.717, 1.165) is 0 Å². The molecule has 11 nitrogen and oxygen atoms in total. The molecule has 2 aromatic heterocycles. The molecule has 0 saturated carbocycles. The fourth-order valence-electron chi connectivity index (χ4n) is 3.47. The maximum Gasteiger partial charge on any atom is 0.413 e. The number of carbonyl (C=O) groups is 2. The Bertz CT molecular complexity index is 952. The molecule has 11 heteroatoms. The van der Waals surface area contributed by atoms with Gasteiger partial charge >= 0.3 is 6.09 Å². The lowest BCUT2D eigenvalue weighted by atomic mass is 10.1. The van der Waals surface area contributed by atoms with E-state index in [1.165, 1.54) is 12.7 Å². The van der Waals surface area contributed by atoms with Crippen LogP contribution >= 0.6 is 0 Å². The Balaban J connectivity index is 1.65. The summed E-state index contributed by atoms with van der Waals surface area (Å²) >= 11 is 0. The first-order valence-electron chi connectivity index (χ1n) is 9.22. The fraction of sp³-hybridized carbons (Fsp3) is 0.611. The number of anilines is 1. The predicted molar refractivity (Wildman–Crippen MR) is 99.0 cm³/mol. The van der Waals surface area contributed by atoms with Gasteiger partial charge in [-0.3, -0.25) is 9.88 Å². The van der Waals surface area contributed by atoms with Gasteiger partial charge in [-0.25, -0.2) is 19.7 Å². The summed E-state index contributed by atoms with van der Waals surface area (Å²) in [4.78, 5) is 36.2. The van der Waals surface area contributed by atoms with Gasteiger partial charge in [-0.15, -0.1) is 0 Å². The molecular weight excluding hydrogens is 382 g/mol. The Hall–Kier alpha value is -2.63. The Kier molecular flexibility index (Phi) is 4.56. The summed E-state index contributed by atoms with van der Waals surface area (Å²) in [6.45, 7) is 8.85. The minimum atomic E-state index is -0.840. The first kappa shape index (κ1) is 19.7. The van der Waals surface area contributed by atoms with Gasteiger partial charge in [0.1, 0.15) is 30.2 Å². The number of aldehydes is 1. The van der Waals surface area contributed by atoms with Crippen molar-refractivity contribution < 1.29 is 28.5 Å². The van der Waals surface area contributed by atoms with E-state index < -0.39 is 42.0 Å². The number of hydrogen-bond donors (Lipinski definition) is 1. The number of aromatic nitrogens is 4. The molecule has 2 saturated heterocycles. The number of ether oxygens (including phenoxy) is 4. The molecule has 29 heavy (non-hydrogen) atoms. The van der Waals surface area contributed by atoms with E-state index in [9.17, 15) is 9.59 Å². The summed E-state index contributed by atoms with van der Waals surface area (Å²) in [6.07, 6.45) is 0.347. The molecule has 2 aliphatic heterocycles. The second-order valence-electron chi connectivity index (χ2n) is 8.37. The summed E-state index contributed by atoms with van der Waals surface area (Å²) in [5.41, 5.74) is 0.111. The molecule has 2 aliphatic rings. The molecule has 4 heterocycles. The molecule has 4 rings (SSSR count). The Morgan fingerprint density at radius 1 is 1.24 bits per heavy atom. The number of fused-ring (bicyclic) bond motifs is 2. The summed E-state index contributed by atoms with van der Waals surface area (Å²) in [5, 5.41) is 2.58. The van der Waals surface area contributed by atoms with Crippen molar-refractivity contribution in [3.05, 3.63) is 12.7 Å². The van der Waals surface area contributed by atoms with Crippen molar-refractivity contribution in [1.82, 2.24) is 19.5 Å². The van der Waals surface area contributed by atoms with Crippen LogP contribution in [0.3, 0.4) is 0 Å². The smallest absolute Gasteiger partial charge is 0.413 e. The van der Waals surface area contributed by atoms with Gasteiger partial charge < -0.3 is 23.7 Å². The highest BCUT2D eigenvalue weighted by atomic mass is 16.8. The maximum atomic E-state index is 12.1. The highest BCUT2D eigenvalue weighted by molar-refractivity contribution is 5.93. The standard InChI is InChI=1S/C18H23N5O6/c1-17(2,3)29-16(25)22-13-10-14(20-7-19-13)23(8-21-10)15-12-11(9(6-24)26-15)27-18(4,5)28-12/h6-9,11-12,15H,1-5H3,(H,19,20,22,25)/t9-,11-,12-,15-/m1/s1. The molecule has 1 amide bonds. The minimum absolute atomic E-state index is 0.202. The van der Waals surface area contributed by atoms with Crippen molar-refractivity contribution >= 4 is 29.4 Å². The van der Waals surface area contributed by atoms with E-state index in [2.05, 4.69) is 20.3 Å². The minimum Gasteiger partial charge on any atom is -0.444 e. The van der Waals surface area contributed by atoms with Gasteiger partial charge in [-0.1, -0.05) is 0 Å². The molecule has 4 atom stereocenters. The highest BCUT2D eigenvalue weighted by Gasteiger charge is 2.56. The van der Waals surface area contributed by atoms with Crippen LogP contribution in [-0.4, -0.2) is 61.6 Å². The average Bonchev–Trinajstić information content (AvgIpc) is 3.24. The normalized spacial score (nSPS) is 28.3. The third-order valence-corrected chi connectivity index (χ3v) is 4.45. The second kappa shape index (κ2) is 6.71. The van der Waals surface area contributed by atoms with Crippen LogP contribution in [0.1, 0.15) is 40.8 Å². The third-order valence-electron chi connectivity index (χ3n) is 4.45. The molecule has 0 bridgehead atoms. The lowest BCUT2D eigenvalue weighted by Crippen LogP contribution is -2.30. The topological polar surface area (TPSA) is 127 Å². The fourth-order valence-corrected chi connectivity index (χ4v) is 3.47. The number of nitrogens with zero attached hydrogens (tertiary/aromatic N) is 4. The van der Waals surface area contributed by atoms with Gasteiger partial charge in [0.15, 0.2) is 35.3 Å². The molecule has 2 aromatic rings. The van der Waals surface area contributed by atoms with Gasteiger partial charge in [0.25, 0.3) is 0 Å². The van der Waals surface area contributed by atoms with Gasteiger partial charge in [0.05, 0.1) is 6.33 Å². The first-order chi connectivity index (χ1) is 13.6. The van der Waals surface area contributed by atoms with Gasteiger partial charge in [-0.2, -0.15) is 0 Å². The average molecular weight is 405 g/mol. The summed E-state index contributed by atoms with van der Waals surface area (Å²) < 4.78 is 24.5. The van der Waals surface area contributed by atoms with E-state index in [4.69, 9.17) is 18.9 Å². The van der Waals surface area contributed by atoms with Gasteiger partial charge in [0, 0.05) is 0 Å². The van der Waals surface area contributed by atoms with Crippen molar-refractivity contribution in [2.24, 2.45) is 0 Å². The quantitative estimate of drug-likeness (QED) is 0.760. The Morgan fingerprint density at radius 2 is 1.97 bits per heavy atom. The number of imidazole rings is 1. The Morgan fingerprint density at radius 3 is 2.66 bits per heavy atom. The molecule has 156 valence electrons. The van der Waals surface area contributed by atoms with E-state index >= 15 is 0 Å². The largest absolute Gasteiger partial charge is 0.444 e. The van der Waals surface area contributed by atoms with Gasteiger partial charge in [0.2, 0.25) is 0 Å². The van der Waals surface area contributed by atoms with Crippen molar-refractivity contribution in [2.75, 3.05) is 5.32 Å². The van der Waals surface area contributed by atoms with Crippen LogP contribution < -0.4 is 5.32 Å². The SMILES string of the molecule is CC(C)(C)OC(=O)Nc1ncnc2c1ncn2[C@@H]1O[C@H](C=O)[C@H]2OC(C)(C)O[C@H]21. The second-order valence-corrected chi connectivity index (χ2v) is 8.37. The third kappa shape index (κ3) is 3.68. The maximum absolute atomic E-state index is 12.1. The van der Waals surface area contributed by atoms with E-state index in [-0.39, 0.29) is 5.82 Å². The van der Waals surface area contributed by atoms with E-state index in [1.54, 1.807) is 39.2 Å². The molecule has 0 aromatic carbocycles. The van der Waals surface area contributed by atoms with Crippen LogP contribution in [0.25, 0.3) is 11.2 Å². The number of nitrogens with one attached hydrogen (secondary N) is 1. The zero-order valence-electron chi connectivity index (χ0n) is 16.8. The van der Waals surface area contributed by atoms with Crippen molar-refractivity contribution in [2.45, 2.75) is 70.5 Å². The van der Waals surface area contributed by atoms with Crippen molar-refractivity contribution in [3.8, 4) is 0 Å². The number of carbonyl (C=O) groups excluding carboxylic acids is 2. The lowest BCUT2D eigenvalue weighted by Gasteiger charge is -2.23. The van der Waals surface area contributed by atoms with E-state index in [1.807, 2.05) is 0 Å². The van der Waals surface area contributed by atoms with Crippen molar-refractivity contribution in [1.29, 1.82) is 0 Å². The number of hydrogen-bond acceptors (Lipinski definition) is 9. The molecular formula is C18H23N5O6. The summed E-state index contributed by atoms with van der Waals surface area (Å²) in [6, 6.07) is 0. The predicted octanol–water partition coefficient (Wildman–Crippen LogP) is 1.79. The summed E-state index contributed by atoms with van der Waals surface area (Å²) in [5.74, 6) is -0.638. The van der Waals surface area contributed by atoms with Crippen LogP contribution in [0.5, 0.6) is 0 Å². The molecule has 0 unspecified atom stereocenters. The molecule has 2 fully saturated rings. The molecule has 0 radical (unpaired) electrons. The van der Waals surface area contributed by atoms with Crippen LogP contribution in [0.2, 0.25) is 0 Å². The zero-order chi connectivity index (χ0) is 21.0. The van der Waals surface area contributed by atoms with E-state index in [0.29, 0.717) is 17.5 Å². The number of amides is 1. The Labute approximate surface area is 166 Å². The van der Waals surface area contributed by atoms with Crippen LogP contribution in [0, 0.1) is 0 Å². The molecule has 0 aliphatic carbocycles. The summed E-state index contributed by atoms with van der Waals surface area (Å²) in [7, 11) is 0. The van der Waals surface area contributed by atoms with Crippen LogP contribution in [-0.2, 0) is 23.7 Å². The number of rotatable bonds is 3.